The lowest BCUT2D eigenvalue weighted by atomic mass is 10.2. The molecule has 0 aliphatic rings. The van der Waals surface area contributed by atoms with Crippen LogP contribution in [0, 0.1) is 0 Å². The highest BCUT2D eigenvalue weighted by Gasteiger charge is 2.02. The van der Waals surface area contributed by atoms with E-state index in [0.717, 1.165) is 6.42 Å². The Morgan fingerprint density at radius 1 is 1.35 bits per heavy atom. The van der Waals surface area contributed by atoms with E-state index < -0.39 is 0 Å². The van der Waals surface area contributed by atoms with Gasteiger partial charge in [-0.3, -0.25) is 4.79 Å². The lowest BCUT2D eigenvalue weighted by Gasteiger charge is -2.04. The molecule has 3 N–H and O–H groups in total. The number of aromatic nitrogens is 2. The number of benzene rings is 1. The summed E-state index contributed by atoms with van der Waals surface area (Å²) in [6.07, 6.45) is 0.803. The molecule has 0 saturated carbocycles. The largest absolute Gasteiger partial charge is 0.373 e. The Balaban J connectivity index is 2.16. The molecule has 1 aromatic heterocycles. The summed E-state index contributed by atoms with van der Waals surface area (Å²) in [6, 6.07) is 7.23. The second-order valence-corrected chi connectivity index (χ2v) is 3.72. The van der Waals surface area contributed by atoms with Crippen molar-refractivity contribution in [2.75, 3.05) is 13.2 Å². The van der Waals surface area contributed by atoms with E-state index in [1.807, 2.05) is 18.2 Å². The molecule has 1 heterocycles. The lowest BCUT2D eigenvalue weighted by Crippen LogP contribution is -2.13. The predicted octanol–water partition coefficient (Wildman–Crippen LogP) is 0.788. The third-order valence-electron chi connectivity index (χ3n) is 2.39. The molecule has 0 radical (unpaired) electrons. The monoisotopic (exact) mass is 233 g/mol. The van der Waals surface area contributed by atoms with Crippen LogP contribution in [0.4, 0.5) is 0 Å². The minimum Gasteiger partial charge on any atom is -0.373 e. The van der Waals surface area contributed by atoms with Gasteiger partial charge < -0.3 is 15.5 Å². The Hall–Kier alpha value is -1.72. The van der Waals surface area contributed by atoms with Crippen molar-refractivity contribution in [3.05, 3.63) is 40.4 Å². The van der Waals surface area contributed by atoms with Gasteiger partial charge in [0.2, 0.25) is 0 Å². The number of rotatable bonds is 5. The summed E-state index contributed by atoms with van der Waals surface area (Å²) in [6.45, 7) is 1.48. The molecule has 0 bridgehead atoms. The average molecular weight is 233 g/mol. The van der Waals surface area contributed by atoms with E-state index in [1.165, 1.54) is 0 Å². The van der Waals surface area contributed by atoms with Crippen molar-refractivity contribution in [2.24, 2.45) is 5.73 Å². The number of aromatic amines is 1. The SMILES string of the molecule is NCCCOCc1nc2ccccc2c(=O)[nH]1. The Morgan fingerprint density at radius 3 is 3.00 bits per heavy atom. The molecule has 0 aliphatic carbocycles. The van der Waals surface area contributed by atoms with E-state index in [1.54, 1.807) is 6.07 Å². The van der Waals surface area contributed by atoms with Crippen LogP contribution in [0.2, 0.25) is 0 Å². The maximum Gasteiger partial charge on any atom is 0.258 e. The van der Waals surface area contributed by atoms with Gasteiger partial charge in [-0.2, -0.15) is 0 Å². The van der Waals surface area contributed by atoms with E-state index in [-0.39, 0.29) is 5.56 Å². The van der Waals surface area contributed by atoms with Gasteiger partial charge in [-0.15, -0.1) is 0 Å². The number of para-hydroxylation sites is 1. The molecule has 90 valence electrons. The van der Waals surface area contributed by atoms with Crippen LogP contribution in [0.15, 0.2) is 29.1 Å². The van der Waals surface area contributed by atoms with Crippen LogP contribution in [-0.2, 0) is 11.3 Å². The molecule has 2 rings (SSSR count). The number of ether oxygens (including phenoxy) is 1. The van der Waals surface area contributed by atoms with E-state index in [9.17, 15) is 4.79 Å². The number of hydrogen-bond donors (Lipinski definition) is 2. The van der Waals surface area contributed by atoms with Crippen LogP contribution < -0.4 is 11.3 Å². The van der Waals surface area contributed by atoms with Gasteiger partial charge in [0.15, 0.2) is 0 Å². The molecule has 0 unspecified atom stereocenters. The summed E-state index contributed by atoms with van der Waals surface area (Å²) in [5.41, 5.74) is 5.91. The zero-order valence-corrected chi connectivity index (χ0v) is 9.48. The molecule has 0 fully saturated rings. The molecule has 0 aliphatic heterocycles. The highest BCUT2D eigenvalue weighted by Crippen LogP contribution is 2.05. The number of nitrogens with zero attached hydrogens (tertiary/aromatic N) is 1. The van der Waals surface area contributed by atoms with Gasteiger partial charge >= 0.3 is 0 Å². The molecule has 0 atom stereocenters. The van der Waals surface area contributed by atoms with Gasteiger partial charge in [0.25, 0.3) is 5.56 Å². The Labute approximate surface area is 98.6 Å². The summed E-state index contributed by atoms with van der Waals surface area (Å²) < 4.78 is 5.35. The Bertz CT molecular complexity index is 551. The summed E-state index contributed by atoms with van der Waals surface area (Å²) in [7, 11) is 0. The highest BCUT2D eigenvalue weighted by molar-refractivity contribution is 5.77. The van der Waals surface area contributed by atoms with Crippen molar-refractivity contribution in [2.45, 2.75) is 13.0 Å². The van der Waals surface area contributed by atoms with Crippen molar-refractivity contribution >= 4 is 10.9 Å². The van der Waals surface area contributed by atoms with E-state index in [4.69, 9.17) is 10.5 Å². The van der Waals surface area contributed by atoms with Crippen LogP contribution in [0.1, 0.15) is 12.2 Å². The topological polar surface area (TPSA) is 81.0 Å². The molecule has 5 nitrogen and oxygen atoms in total. The van der Waals surface area contributed by atoms with E-state index in [0.29, 0.717) is 36.5 Å². The average Bonchev–Trinajstić information content (AvgIpc) is 2.35. The molecule has 0 amide bonds. The summed E-state index contributed by atoms with van der Waals surface area (Å²) >= 11 is 0. The first-order valence-electron chi connectivity index (χ1n) is 5.57. The van der Waals surface area contributed by atoms with Gasteiger partial charge in [-0.05, 0) is 25.1 Å². The fourth-order valence-electron chi connectivity index (χ4n) is 1.56. The molecule has 0 spiro atoms. The first kappa shape index (κ1) is 11.8. The van der Waals surface area contributed by atoms with Crippen LogP contribution >= 0.6 is 0 Å². The zero-order chi connectivity index (χ0) is 12.1. The minimum absolute atomic E-state index is 0.131. The lowest BCUT2D eigenvalue weighted by molar-refractivity contribution is 0.114. The number of nitrogens with two attached hydrogens (primary N) is 1. The van der Waals surface area contributed by atoms with Crippen LogP contribution in [0.5, 0.6) is 0 Å². The molecule has 17 heavy (non-hydrogen) atoms. The standard InChI is InChI=1S/C12H15N3O2/c13-6-3-7-17-8-11-14-10-5-2-1-4-9(10)12(16)15-11/h1-2,4-5H,3,6-8,13H2,(H,14,15,16). The van der Waals surface area contributed by atoms with Gasteiger partial charge in [-0.1, -0.05) is 12.1 Å². The second-order valence-electron chi connectivity index (χ2n) is 3.72. The van der Waals surface area contributed by atoms with E-state index >= 15 is 0 Å². The Morgan fingerprint density at radius 2 is 2.18 bits per heavy atom. The van der Waals surface area contributed by atoms with Crippen molar-refractivity contribution < 1.29 is 4.74 Å². The smallest absolute Gasteiger partial charge is 0.258 e. The fourth-order valence-corrected chi connectivity index (χ4v) is 1.56. The van der Waals surface area contributed by atoms with Gasteiger partial charge in [0.1, 0.15) is 12.4 Å². The molecule has 2 aromatic rings. The van der Waals surface area contributed by atoms with Crippen LogP contribution in [0.3, 0.4) is 0 Å². The second kappa shape index (κ2) is 5.56. The first-order valence-corrected chi connectivity index (χ1v) is 5.57. The molecule has 5 heteroatoms. The minimum atomic E-state index is -0.131. The highest BCUT2D eigenvalue weighted by atomic mass is 16.5. The maximum absolute atomic E-state index is 11.7. The summed E-state index contributed by atoms with van der Waals surface area (Å²) in [4.78, 5) is 18.7. The van der Waals surface area contributed by atoms with Crippen LogP contribution in [0.25, 0.3) is 10.9 Å². The fraction of sp³-hybridized carbons (Fsp3) is 0.333. The third kappa shape index (κ3) is 2.89. The summed E-state index contributed by atoms with van der Waals surface area (Å²) in [5.74, 6) is 0.547. The van der Waals surface area contributed by atoms with Crippen molar-refractivity contribution in [3.63, 3.8) is 0 Å². The van der Waals surface area contributed by atoms with Crippen LogP contribution in [-0.4, -0.2) is 23.1 Å². The van der Waals surface area contributed by atoms with Crippen molar-refractivity contribution in [1.29, 1.82) is 0 Å². The van der Waals surface area contributed by atoms with Gasteiger partial charge in [-0.25, -0.2) is 4.98 Å². The Kier molecular flexibility index (Phi) is 3.85. The maximum atomic E-state index is 11.7. The number of H-pyrrole nitrogens is 1. The first-order chi connectivity index (χ1) is 8.31. The normalized spacial score (nSPS) is 10.9. The molecule has 1 aromatic carbocycles. The number of hydrogen-bond acceptors (Lipinski definition) is 4. The zero-order valence-electron chi connectivity index (χ0n) is 9.48. The predicted molar refractivity (Wildman–Crippen MR) is 65.7 cm³/mol. The van der Waals surface area contributed by atoms with E-state index in [2.05, 4.69) is 9.97 Å². The number of fused-ring (bicyclic) bond motifs is 1. The van der Waals surface area contributed by atoms with Gasteiger partial charge in [0, 0.05) is 6.61 Å². The molecular weight excluding hydrogens is 218 g/mol. The quantitative estimate of drug-likeness (QED) is 0.748. The van der Waals surface area contributed by atoms with Crippen molar-refractivity contribution in [1.82, 2.24) is 9.97 Å². The number of nitrogens with one attached hydrogen (secondary N) is 1. The molecular formula is C12H15N3O2. The summed E-state index contributed by atoms with van der Waals surface area (Å²) in [5, 5.41) is 0.596. The molecule has 0 saturated heterocycles. The van der Waals surface area contributed by atoms with Crippen molar-refractivity contribution in [3.8, 4) is 0 Å². The van der Waals surface area contributed by atoms with Gasteiger partial charge in [0.05, 0.1) is 10.9 Å². The third-order valence-corrected chi connectivity index (χ3v) is 2.39.